The van der Waals surface area contributed by atoms with Crippen molar-refractivity contribution in [3.63, 3.8) is 0 Å². The molecule has 23 heavy (non-hydrogen) atoms. The normalized spacial score (nSPS) is 28.4. The Morgan fingerprint density at radius 3 is 2.65 bits per heavy atom. The van der Waals surface area contributed by atoms with Crippen molar-refractivity contribution in [1.29, 1.82) is 0 Å². The van der Waals surface area contributed by atoms with Gasteiger partial charge < -0.3 is 15.2 Å². The molecular formula is C18H23Cl2N3. The van der Waals surface area contributed by atoms with E-state index in [-0.39, 0.29) is 0 Å². The first-order valence-electron chi connectivity index (χ1n) is 8.52. The molecule has 0 radical (unpaired) electrons. The number of hydrogen-bond acceptors (Lipinski definition) is 2. The van der Waals surface area contributed by atoms with Crippen molar-refractivity contribution in [1.82, 2.24) is 15.2 Å². The summed E-state index contributed by atoms with van der Waals surface area (Å²) in [6, 6.07) is 8.01. The first-order valence-corrected chi connectivity index (χ1v) is 9.27. The van der Waals surface area contributed by atoms with Crippen LogP contribution in [-0.4, -0.2) is 35.1 Å². The maximum absolute atomic E-state index is 6.27. The minimum Gasteiger partial charge on any atom is -0.357 e. The Morgan fingerprint density at radius 1 is 1.17 bits per heavy atom. The quantitative estimate of drug-likeness (QED) is 0.847. The summed E-state index contributed by atoms with van der Waals surface area (Å²) in [7, 11) is 2.30. The van der Waals surface area contributed by atoms with Gasteiger partial charge in [0.15, 0.2) is 0 Å². The van der Waals surface area contributed by atoms with Crippen LogP contribution in [0.15, 0.2) is 18.2 Å². The van der Waals surface area contributed by atoms with Crippen molar-refractivity contribution >= 4 is 34.1 Å². The Morgan fingerprint density at radius 2 is 1.91 bits per heavy atom. The van der Waals surface area contributed by atoms with Gasteiger partial charge >= 0.3 is 0 Å². The molecule has 2 aliphatic heterocycles. The Labute approximate surface area is 147 Å². The lowest BCUT2D eigenvalue weighted by molar-refractivity contribution is 0.0482. The summed E-state index contributed by atoms with van der Waals surface area (Å²) in [6.45, 7) is 0.858. The van der Waals surface area contributed by atoms with Crippen LogP contribution in [0.5, 0.6) is 0 Å². The number of rotatable bonds is 3. The van der Waals surface area contributed by atoms with Gasteiger partial charge in [0.2, 0.25) is 0 Å². The Hall–Kier alpha value is -0.740. The van der Waals surface area contributed by atoms with Crippen LogP contribution in [0, 0.1) is 0 Å². The Balaban J connectivity index is 1.44. The fourth-order valence-electron chi connectivity index (χ4n) is 4.35. The van der Waals surface area contributed by atoms with Gasteiger partial charge in [0.05, 0.1) is 5.02 Å². The number of aromatic nitrogens is 1. The van der Waals surface area contributed by atoms with Crippen LogP contribution in [0.3, 0.4) is 0 Å². The number of fused-ring (bicyclic) bond motifs is 3. The van der Waals surface area contributed by atoms with E-state index >= 15 is 0 Å². The lowest BCUT2D eigenvalue weighted by atomic mass is 9.82. The molecule has 2 N–H and O–H groups in total. The molecule has 3 nitrogen and oxygen atoms in total. The summed E-state index contributed by atoms with van der Waals surface area (Å²) in [5, 5.41) is 6.18. The molecular weight excluding hydrogens is 329 g/mol. The second kappa shape index (κ2) is 6.29. The average Bonchev–Trinajstić information content (AvgIpc) is 2.89. The highest BCUT2D eigenvalue weighted by molar-refractivity contribution is 6.38. The van der Waals surface area contributed by atoms with Crippen molar-refractivity contribution in [2.45, 2.75) is 56.8 Å². The molecule has 2 saturated heterocycles. The van der Waals surface area contributed by atoms with Crippen molar-refractivity contribution in [3.05, 3.63) is 33.9 Å². The van der Waals surface area contributed by atoms with E-state index in [0.717, 1.165) is 29.5 Å². The smallest absolute Gasteiger partial charge is 0.0514 e. The van der Waals surface area contributed by atoms with Crippen LogP contribution in [-0.2, 0) is 6.54 Å². The highest BCUT2D eigenvalue weighted by Crippen LogP contribution is 2.33. The van der Waals surface area contributed by atoms with E-state index in [2.05, 4.69) is 28.3 Å². The van der Waals surface area contributed by atoms with Crippen LogP contribution in [0.1, 0.15) is 37.8 Å². The molecule has 2 unspecified atom stereocenters. The number of nitrogens with one attached hydrogen (secondary N) is 2. The minimum atomic E-state index is 0.618. The maximum atomic E-state index is 6.27. The molecule has 5 heteroatoms. The lowest BCUT2D eigenvalue weighted by Crippen LogP contribution is -2.54. The summed E-state index contributed by atoms with van der Waals surface area (Å²) in [5.41, 5.74) is 2.19. The molecule has 1 aromatic carbocycles. The number of piperidine rings is 2. The zero-order valence-corrected chi connectivity index (χ0v) is 14.9. The Bertz CT molecular complexity index is 698. The average molecular weight is 352 g/mol. The lowest BCUT2D eigenvalue weighted by Gasteiger charge is -2.47. The molecule has 124 valence electrons. The van der Waals surface area contributed by atoms with Gasteiger partial charge in [-0.25, -0.2) is 0 Å². The predicted molar refractivity (Wildman–Crippen MR) is 97.4 cm³/mol. The highest BCUT2D eigenvalue weighted by atomic mass is 35.5. The molecule has 4 rings (SSSR count). The zero-order valence-electron chi connectivity index (χ0n) is 13.4. The number of benzene rings is 1. The summed E-state index contributed by atoms with van der Waals surface area (Å²) in [5.74, 6) is 0. The second-order valence-corrected chi connectivity index (χ2v) is 7.94. The predicted octanol–water partition coefficient (Wildman–Crippen LogP) is 4.58. The van der Waals surface area contributed by atoms with Gasteiger partial charge in [-0.2, -0.15) is 0 Å². The summed E-state index contributed by atoms with van der Waals surface area (Å²) in [6.07, 6.45) is 6.63. The molecule has 0 aliphatic carbocycles. The molecule has 1 aromatic heterocycles. The van der Waals surface area contributed by atoms with E-state index in [9.17, 15) is 0 Å². The third-order valence-corrected chi connectivity index (χ3v) is 6.16. The molecule has 2 atom stereocenters. The van der Waals surface area contributed by atoms with Crippen LogP contribution in [0.25, 0.3) is 10.9 Å². The molecule has 0 spiro atoms. The molecule has 2 aromatic rings. The van der Waals surface area contributed by atoms with Gasteiger partial charge in [-0.05, 0) is 50.9 Å². The molecule has 2 aliphatic rings. The summed E-state index contributed by atoms with van der Waals surface area (Å²) in [4.78, 5) is 6.04. The SMILES string of the molecule is CN1C2CCCC1CC(NCc1cc3c(Cl)cc(Cl)cc3[nH]1)C2. The van der Waals surface area contributed by atoms with Gasteiger partial charge in [-0.1, -0.05) is 29.6 Å². The fraction of sp³-hybridized carbons (Fsp3) is 0.556. The van der Waals surface area contributed by atoms with Crippen molar-refractivity contribution in [3.8, 4) is 0 Å². The van der Waals surface area contributed by atoms with Crippen LogP contribution >= 0.6 is 23.2 Å². The third-order valence-electron chi connectivity index (χ3n) is 5.63. The first-order chi connectivity index (χ1) is 11.1. The van der Waals surface area contributed by atoms with Gasteiger partial charge in [0, 0.05) is 46.3 Å². The largest absolute Gasteiger partial charge is 0.357 e. The molecule has 3 heterocycles. The van der Waals surface area contributed by atoms with E-state index < -0.39 is 0 Å². The third kappa shape index (κ3) is 3.12. The molecule has 0 saturated carbocycles. The van der Waals surface area contributed by atoms with E-state index in [0.29, 0.717) is 16.1 Å². The second-order valence-electron chi connectivity index (χ2n) is 7.10. The summed E-state index contributed by atoms with van der Waals surface area (Å²) >= 11 is 12.4. The summed E-state index contributed by atoms with van der Waals surface area (Å²) < 4.78 is 0. The number of aromatic amines is 1. The van der Waals surface area contributed by atoms with Gasteiger partial charge in [-0.15, -0.1) is 0 Å². The highest BCUT2D eigenvalue weighted by Gasteiger charge is 2.35. The number of nitrogens with zero attached hydrogens (tertiary/aromatic N) is 1. The van der Waals surface area contributed by atoms with Crippen molar-refractivity contribution < 1.29 is 0 Å². The first kappa shape index (κ1) is 15.8. The van der Waals surface area contributed by atoms with Crippen LogP contribution in [0.2, 0.25) is 10.0 Å². The van der Waals surface area contributed by atoms with Gasteiger partial charge in [-0.3, -0.25) is 0 Å². The van der Waals surface area contributed by atoms with Gasteiger partial charge in [0.1, 0.15) is 0 Å². The minimum absolute atomic E-state index is 0.618. The van der Waals surface area contributed by atoms with E-state index in [1.165, 1.54) is 37.8 Å². The molecule has 2 fully saturated rings. The maximum Gasteiger partial charge on any atom is 0.0514 e. The molecule has 2 bridgehead atoms. The van der Waals surface area contributed by atoms with Crippen LogP contribution in [0.4, 0.5) is 0 Å². The van der Waals surface area contributed by atoms with E-state index in [1.807, 2.05) is 6.07 Å². The standard InChI is InChI=1S/C18H23Cl2N3/c1-23-14-3-2-4-15(23)8-12(7-14)21-10-13-9-16-17(20)5-11(19)6-18(16)22-13/h5-6,9,12,14-15,21-22H,2-4,7-8,10H2,1H3. The zero-order chi connectivity index (χ0) is 16.0. The monoisotopic (exact) mass is 351 g/mol. The topological polar surface area (TPSA) is 31.1 Å². The fourth-order valence-corrected chi connectivity index (χ4v) is 4.90. The number of hydrogen-bond donors (Lipinski definition) is 2. The van der Waals surface area contributed by atoms with Crippen molar-refractivity contribution in [2.75, 3.05) is 7.05 Å². The number of halogens is 2. The van der Waals surface area contributed by atoms with E-state index in [1.54, 1.807) is 6.07 Å². The van der Waals surface area contributed by atoms with Gasteiger partial charge in [0.25, 0.3) is 0 Å². The van der Waals surface area contributed by atoms with Crippen LogP contribution < -0.4 is 5.32 Å². The number of H-pyrrole nitrogens is 1. The molecule has 0 amide bonds. The van der Waals surface area contributed by atoms with E-state index in [4.69, 9.17) is 23.2 Å². The van der Waals surface area contributed by atoms with Crippen molar-refractivity contribution in [2.24, 2.45) is 0 Å². The Kier molecular flexibility index (Phi) is 4.31.